The highest BCUT2D eigenvalue weighted by Gasteiger charge is 2.30. The molecule has 0 radical (unpaired) electrons. The Morgan fingerprint density at radius 2 is 1.00 bits per heavy atom. The Balaban J connectivity index is 1.20. The maximum atomic E-state index is 4.73. The zero-order chi connectivity index (χ0) is 25.3. The first kappa shape index (κ1) is 29.6. The largest absolute Gasteiger partial charge is 0.241 e. The average Bonchev–Trinajstić information content (AvgIpc) is 2.93. The maximum Gasteiger partial charge on any atom is 0.128 e. The van der Waals surface area contributed by atoms with E-state index in [4.69, 9.17) is 9.97 Å². The van der Waals surface area contributed by atoms with Gasteiger partial charge in [0.1, 0.15) is 5.82 Å². The first-order chi connectivity index (χ1) is 17.8. The maximum absolute atomic E-state index is 4.73. The van der Waals surface area contributed by atoms with E-state index in [1.165, 1.54) is 147 Å². The lowest BCUT2D eigenvalue weighted by atomic mass is 9.68. The molecule has 1 aromatic heterocycles. The summed E-state index contributed by atoms with van der Waals surface area (Å²) in [5.41, 5.74) is 1.34. The number of unbranched alkanes of at least 4 members (excludes halogenated alkanes) is 10. The fourth-order valence-corrected chi connectivity index (χ4v) is 7.18. The van der Waals surface area contributed by atoms with E-state index < -0.39 is 0 Å². The molecule has 0 aliphatic heterocycles. The number of nitrogens with zero attached hydrogens (tertiary/aromatic N) is 2. The number of hydrogen-bond acceptors (Lipinski definition) is 2. The molecule has 2 aliphatic rings. The molecular weight excluding hydrogens is 436 g/mol. The normalized spacial score (nSPS) is 24.7. The van der Waals surface area contributed by atoms with Crippen LogP contribution in [-0.4, -0.2) is 9.97 Å². The fraction of sp³-hybridized carbons (Fsp3) is 0.882. The van der Waals surface area contributed by atoms with Crippen LogP contribution in [0.15, 0.2) is 12.4 Å². The van der Waals surface area contributed by atoms with Crippen LogP contribution in [0.4, 0.5) is 0 Å². The summed E-state index contributed by atoms with van der Waals surface area (Å²) < 4.78 is 0. The molecular formula is C34H60N2. The molecule has 36 heavy (non-hydrogen) atoms. The van der Waals surface area contributed by atoms with Crippen molar-refractivity contribution >= 4 is 0 Å². The molecule has 2 nitrogen and oxygen atoms in total. The molecule has 1 heterocycles. The van der Waals surface area contributed by atoms with Crippen molar-refractivity contribution in [3.63, 3.8) is 0 Å². The predicted molar refractivity (Wildman–Crippen MR) is 156 cm³/mol. The summed E-state index contributed by atoms with van der Waals surface area (Å²) in [6.07, 6.45) is 38.1. The molecule has 0 aromatic carbocycles. The van der Waals surface area contributed by atoms with Gasteiger partial charge in [-0.05, 0) is 74.2 Å². The lowest BCUT2D eigenvalue weighted by Gasteiger charge is -2.38. The lowest BCUT2D eigenvalue weighted by Crippen LogP contribution is -2.26. The Morgan fingerprint density at radius 1 is 0.528 bits per heavy atom. The minimum absolute atomic E-state index is 0.914. The van der Waals surface area contributed by atoms with Gasteiger partial charge in [-0.2, -0.15) is 0 Å². The van der Waals surface area contributed by atoms with E-state index in [9.17, 15) is 0 Å². The van der Waals surface area contributed by atoms with Crippen LogP contribution in [0, 0.1) is 23.7 Å². The van der Waals surface area contributed by atoms with Gasteiger partial charge in [0, 0.05) is 18.8 Å². The Kier molecular flexibility index (Phi) is 15.1. The van der Waals surface area contributed by atoms with Crippen molar-refractivity contribution in [3.8, 4) is 0 Å². The second-order valence-corrected chi connectivity index (χ2v) is 12.7. The average molecular weight is 497 g/mol. The third-order valence-electron chi connectivity index (χ3n) is 9.77. The van der Waals surface area contributed by atoms with E-state index >= 15 is 0 Å². The first-order valence-corrected chi connectivity index (χ1v) is 16.6. The molecule has 2 saturated carbocycles. The molecule has 0 N–H and O–H groups in total. The van der Waals surface area contributed by atoms with Gasteiger partial charge in [-0.3, -0.25) is 0 Å². The highest BCUT2D eigenvalue weighted by molar-refractivity contribution is 5.05. The topological polar surface area (TPSA) is 25.8 Å². The van der Waals surface area contributed by atoms with Crippen molar-refractivity contribution in [2.24, 2.45) is 23.7 Å². The molecule has 2 heteroatoms. The van der Waals surface area contributed by atoms with Gasteiger partial charge >= 0.3 is 0 Å². The molecule has 0 atom stereocenters. The zero-order valence-corrected chi connectivity index (χ0v) is 24.3. The van der Waals surface area contributed by atoms with Gasteiger partial charge in [-0.25, -0.2) is 9.97 Å². The van der Waals surface area contributed by atoms with Gasteiger partial charge in [0.25, 0.3) is 0 Å². The van der Waals surface area contributed by atoms with E-state index in [0.29, 0.717) is 0 Å². The van der Waals surface area contributed by atoms with Gasteiger partial charge in [-0.1, -0.05) is 117 Å². The fourth-order valence-electron chi connectivity index (χ4n) is 7.18. The standard InChI is InChI=1S/C34H60N2/c1-3-5-7-8-9-10-11-12-13-14-16-31-27-35-34(36-28-31)26-21-30-19-24-33(25-20-30)32-22-17-29(18-23-32)15-6-4-2/h27-30,32-33H,3-26H2,1-2H3/t29-,30-,32-,33-. The van der Waals surface area contributed by atoms with Crippen LogP contribution in [-0.2, 0) is 12.8 Å². The van der Waals surface area contributed by atoms with Crippen LogP contribution < -0.4 is 0 Å². The van der Waals surface area contributed by atoms with Crippen LogP contribution in [0.2, 0.25) is 0 Å². The summed E-state index contributed by atoms with van der Waals surface area (Å²) in [5.74, 6) is 5.13. The SMILES string of the molecule is CCCCCCCCCCCCc1cnc(CC[C@H]2CC[C@H]([C@H]3CC[C@H](CCCC)CC3)CC2)nc1. The van der Waals surface area contributed by atoms with Crippen molar-refractivity contribution < 1.29 is 0 Å². The molecule has 0 bridgehead atoms. The molecule has 1 aromatic rings. The molecule has 2 fully saturated rings. The molecule has 0 spiro atoms. The van der Waals surface area contributed by atoms with E-state index in [1.807, 2.05) is 0 Å². The minimum atomic E-state index is 0.914. The third-order valence-corrected chi connectivity index (χ3v) is 9.77. The van der Waals surface area contributed by atoms with Crippen LogP contribution in [0.5, 0.6) is 0 Å². The molecule has 0 unspecified atom stereocenters. The molecule has 0 amide bonds. The van der Waals surface area contributed by atoms with Crippen molar-refractivity contribution in [1.82, 2.24) is 9.97 Å². The smallest absolute Gasteiger partial charge is 0.128 e. The Bertz CT molecular complexity index is 638. The predicted octanol–water partition coefficient (Wildman–Crippen LogP) is 10.7. The van der Waals surface area contributed by atoms with Crippen LogP contribution in [0.3, 0.4) is 0 Å². The van der Waals surface area contributed by atoms with Gasteiger partial charge in [0.05, 0.1) is 0 Å². The number of rotatable bonds is 18. The molecule has 3 rings (SSSR count). The van der Waals surface area contributed by atoms with Crippen molar-refractivity contribution in [2.45, 2.75) is 168 Å². The van der Waals surface area contributed by atoms with Gasteiger partial charge in [-0.15, -0.1) is 0 Å². The van der Waals surface area contributed by atoms with Crippen LogP contribution >= 0.6 is 0 Å². The monoisotopic (exact) mass is 496 g/mol. The summed E-state index contributed by atoms with van der Waals surface area (Å²) in [6, 6.07) is 0. The molecule has 2 aliphatic carbocycles. The second kappa shape index (κ2) is 18.4. The summed E-state index contributed by atoms with van der Waals surface area (Å²) in [6.45, 7) is 4.63. The lowest BCUT2D eigenvalue weighted by molar-refractivity contribution is 0.140. The summed E-state index contributed by atoms with van der Waals surface area (Å²) >= 11 is 0. The highest BCUT2D eigenvalue weighted by atomic mass is 14.9. The number of aromatic nitrogens is 2. The molecule has 0 saturated heterocycles. The molecule has 206 valence electrons. The first-order valence-electron chi connectivity index (χ1n) is 16.6. The minimum Gasteiger partial charge on any atom is -0.241 e. The van der Waals surface area contributed by atoms with Gasteiger partial charge in [0.2, 0.25) is 0 Å². The van der Waals surface area contributed by atoms with Crippen molar-refractivity contribution in [2.75, 3.05) is 0 Å². The number of hydrogen-bond donors (Lipinski definition) is 0. The quantitative estimate of drug-likeness (QED) is 0.189. The van der Waals surface area contributed by atoms with Gasteiger partial charge in [0.15, 0.2) is 0 Å². The Morgan fingerprint density at radius 3 is 1.53 bits per heavy atom. The third kappa shape index (κ3) is 11.6. The summed E-state index contributed by atoms with van der Waals surface area (Å²) in [5, 5.41) is 0. The van der Waals surface area contributed by atoms with E-state index in [2.05, 4.69) is 26.2 Å². The van der Waals surface area contributed by atoms with Crippen molar-refractivity contribution in [3.05, 3.63) is 23.8 Å². The Labute approximate surface area is 225 Å². The second-order valence-electron chi connectivity index (χ2n) is 12.7. The zero-order valence-electron chi connectivity index (χ0n) is 24.3. The van der Waals surface area contributed by atoms with E-state index in [-0.39, 0.29) is 0 Å². The van der Waals surface area contributed by atoms with Crippen LogP contribution in [0.25, 0.3) is 0 Å². The van der Waals surface area contributed by atoms with Gasteiger partial charge < -0.3 is 0 Å². The highest BCUT2D eigenvalue weighted by Crippen LogP contribution is 2.43. The van der Waals surface area contributed by atoms with Crippen molar-refractivity contribution in [1.29, 1.82) is 0 Å². The van der Waals surface area contributed by atoms with E-state index in [0.717, 1.165) is 42.3 Å². The van der Waals surface area contributed by atoms with E-state index in [1.54, 1.807) is 0 Å². The summed E-state index contributed by atoms with van der Waals surface area (Å²) in [7, 11) is 0. The number of aryl methyl sites for hydroxylation is 2. The Hall–Kier alpha value is -0.920. The summed E-state index contributed by atoms with van der Waals surface area (Å²) in [4.78, 5) is 9.46. The van der Waals surface area contributed by atoms with Crippen LogP contribution in [0.1, 0.15) is 166 Å².